The van der Waals surface area contributed by atoms with Crippen LogP contribution in [-0.2, 0) is 10.8 Å². The molecule has 0 bridgehead atoms. The molecule has 0 aromatic heterocycles. The molecular weight excluding hydrogens is 761 g/mol. The lowest BCUT2D eigenvalue weighted by molar-refractivity contribution is 0.195. The van der Waals surface area contributed by atoms with Crippen LogP contribution in [0.15, 0.2) is 170 Å². The summed E-state index contributed by atoms with van der Waals surface area (Å²) < 4.78 is 0. The summed E-state index contributed by atoms with van der Waals surface area (Å²) in [5.41, 5.74) is 21.0. The standard InChI is InChI=1S/C59H54BN3/c1-39-34-53-55-54(35-39)63-56-49(58(5)32-15-16-33-59(58,63)6)36-42(57(2,3)4)37-51(56)60(55)50-31-30-46(38-52(50)62(53)44-22-11-8-12-23-44)61(43-20-9-7-10-21-43)45-28-26-41(27-29-45)48-25-17-19-40-18-13-14-24-47(40)48/h7-14,17-31,34-38H,15-16,32-33H2,1-6H3. The number of hydrogen-bond donors (Lipinski definition) is 0. The first-order valence-electron chi connectivity index (χ1n) is 23.1. The largest absolute Gasteiger partial charge is 0.335 e. The molecule has 0 amide bonds. The van der Waals surface area contributed by atoms with E-state index in [-0.39, 0.29) is 23.1 Å². The van der Waals surface area contributed by atoms with Crippen LogP contribution >= 0.6 is 0 Å². The molecular formula is C59H54BN3. The lowest BCUT2D eigenvalue weighted by Gasteiger charge is -2.52. The van der Waals surface area contributed by atoms with Crippen molar-refractivity contribution < 1.29 is 0 Å². The summed E-state index contributed by atoms with van der Waals surface area (Å²) in [6.45, 7) is 14.8. The van der Waals surface area contributed by atoms with Gasteiger partial charge in [0.05, 0.1) is 5.54 Å². The molecule has 4 aliphatic rings. The van der Waals surface area contributed by atoms with Crippen LogP contribution in [0, 0.1) is 6.92 Å². The van der Waals surface area contributed by atoms with E-state index < -0.39 is 0 Å². The second-order valence-electron chi connectivity index (χ2n) is 20.2. The van der Waals surface area contributed by atoms with Crippen molar-refractivity contribution in [2.75, 3.05) is 14.7 Å². The molecule has 63 heavy (non-hydrogen) atoms. The molecule has 1 saturated carbocycles. The van der Waals surface area contributed by atoms with Gasteiger partial charge in [-0.15, -0.1) is 0 Å². The molecule has 3 heterocycles. The lowest BCUT2D eigenvalue weighted by atomic mass is 9.33. The van der Waals surface area contributed by atoms with E-state index >= 15 is 0 Å². The third-order valence-corrected chi connectivity index (χ3v) is 15.5. The first-order chi connectivity index (χ1) is 30.5. The van der Waals surface area contributed by atoms with Gasteiger partial charge in [0.15, 0.2) is 0 Å². The molecule has 3 aliphatic heterocycles. The van der Waals surface area contributed by atoms with Crippen molar-refractivity contribution in [2.45, 2.75) is 83.6 Å². The molecule has 0 N–H and O–H groups in total. The van der Waals surface area contributed by atoms with E-state index in [9.17, 15) is 0 Å². The van der Waals surface area contributed by atoms with E-state index in [4.69, 9.17) is 0 Å². The summed E-state index contributed by atoms with van der Waals surface area (Å²) in [5.74, 6) is 0. The fraction of sp³-hybridized carbons (Fsp3) is 0.220. The topological polar surface area (TPSA) is 9.72 Å². The van der Waals surface area contributed by atoms with Gasteiger partial charge in [0.2, 0.25) is 0 Å². The van der Waals surface area contributed by atoms with Crippen LogP contribution in [0.3, 0.4) is 0 Å². The number of nitrogens with zero attached hydrogens (tertiary/aromatic N) is 3. The molecule has 8 aromatic carbocycles. The SMILES string of the molecule is Cc1cc2c3c(c1)N1c4c(cc(C(C)(C)C)cc4C4(C)CCCCC14C)B3c1ccc(N(c3ccccc3)c3ccc(-c4cccc5ccccc45)cc3)cc1N2c1ccccc1. The predicted molar refractivity (Wildman–Crippen MR) is 270 cm³/mol. The normalized spacial score (nSPS) is 19.4. The maximum Gasteiger partial charge on any atom is 0.252 e. The molecule has 1 fully saturated rings. The van der Waals surface area contributed by atoms with Crippen molar-refractivity contribution in [3.05, 3.63) is 187 Å². The highest BCUT2D eigenvalue weighted by Gasteiger charge is 2.61. The Bertz CT molecular complexity index is 3110. The Morgan fingerprint density at radius 2 is 1.25 bits per heavy atom. The summed E-state index contributed by atoms with van der Waals surface area (Å²) in [6, 6.07) is 64.0. The molecule has 4 heteroatoms. The fourth-order valence-electron chi connectivity index (χ4n) is 12.2. The zero-order chi connectivity index (χ0) is 42.8. The Morgan fingerprint density at radius 1 is 0.587 bits per heavy atom. The second-order valence-corrected chi connectivity index (χ2v) is 20.2. The predicted octanol–water partition coefficient (Wildman–Crippen LogP) is 13.9. The van der Waals surface area contributed by atoms with Gasteiger partial charge < -0.3 is 14.7 Å². The summed E-state index contributed by atoms with van der Waals surface area (Å²) in [6.07, 6.45) is 4.95. The van der Waals surface area contributed by atoms with Gasteiger partial charge in [-0.3, -0.25) is 0 Å². The Morgan fingerprint density at radius 3 is 2.03 bits per heavy atom. The monoisotopic (exact) mass is 815 g/mol. The third-order valence-electron chi connectivity index (χ3n) is 15.5. The molecule has 1 aliphatic carbocycles. The van der Waals surface area contributed by atoms with Gasteiger partial charge in [-0.1, -0.05) is 150 Å². The van der Waals surface area contributed by atoms with Crippen LogP contribution in [0.25, 0.3) is 21.9 Å². The number of para-hydroxylation sites is 2. The number of rotatable bonds is 5. The van der Waals surface area contributed by atoms with Crippen molar-refractivity contribution in [1.29, 1.82) is 0 Å². The molecule has 2 unspecified atom stereocenters. The molecule has 0 spiro atoms. The van der Waals surface area contributed by atoms with Crippen molar-refractivity contribution in [3.8, 4) is 11.1 Å². The van der Waals surface area contributed by atoms with Crippen LogP contribution in [0.5, 0.6) is 0 Å². The highest BCUT2D eigenvalue weighted by molar-refractivity contribution is 7.00. The van der Waals surface area contributed by atoms with Gasteiger partial charge >= 0.3 is 0 Å². The number of anilines is 8. The highest BCUT2D eigenvalue weighted by Crippen LogP contribution is 2.62. The van der Waals surface area contributed by atoms with Crippen LogP contribution in [-0.4, -0.2) is 12.3 Å². The average molecular weight is 816 g/mol. The third kappa shape index (κ3) is 5.53. The Balaban J connectivity index is 1.09. The molecule has 3 nitrogen and oxygen atoms in total. The first kappa shape index (κ1) is 38.2. The van der Waals surface area contributed by atoms with E-state index in [1.54, 1.807) is 5.56 Å². The minimum absolute atomic E-state index is 0.00747. The molecule has 0 radical (unpaired) electrons. The second kappa shape index (κ2) is 13.7. The molecule has 308 valence electrons. The molecule has 8 aromatic rings. The molecule has 2 atom stereocenters. The van der Waals surface area contributed by atoms with Gasteiger partial charge in [0.1, 0.15) is 0 Å². The van der Waals surface area contributed by atoms with Gasteiger partial charge in [0.25, 0.3) is 6.71 Å². The number of fused-ring (bicyclic) bond motifs is 8. The zero-order valence-corrected chi connectivity index (χ0v) is 37.4. The number of benzene rings is 8. The average Bonchev–Trinajstić information content (AvgIpc) is 3.51. The van der Waals surface area contributed by atoms with Crippen LogP contribution in [0.2, 0.25) is 0 Å². The van der Waals surface area contributed by atoms with Crippen molar-refractivity contribution in [2.24, 2.45) is 0 Å². The van der Waals surface area contributed by atoms with E-state index in [0.29, 0.717) is 0 Å². The van der Waals surface area contributed by atoms with E-state index in [1.165, 1.54) is 104 Å². The van der Waals surface area contributed by atoms with Crippen LogP contribution in [0.4, 0.5) is 45.5 Å². The first-order valence-corrected chi connectivity index (χ1v) is 23.1. The lowest BCUT2D eigenvalue weighted by Crippen LogP contribution is -2.64. The molecule has 0 saturated heterocycles. The van der Waals surface area contributed by atoms with E-state index in [1.807, 2.05) is 0 Å². The van der Waals surface area contributed by atoms with Crippen LogP contribution in [0.1, 0.15) is 77.0 Å². The Hall–Kier alpha value is -6.52. The van der Waals surface area contributed by atoms with E-state index in [2.05, 4.69) is 226 Å². The van der Waals surface area contributed by atoms with Gasteiger partial charge in [-0.25, -0.2) is 0 Å². The van der Waals surface area contributed by atoms with Gasteiger partial charge in [0, 0.05) is 50.9 Å². The molecule has 12 rings (SSSR count). The van der Waals surface area contributed by atoms with Crippen molar-refractivity contribution >= 4 is 79.4 Å². The quantitative estimate of drug-likeness (QED) is 0.160. The summed E-state index contributed by atoms with van der Waals surface area (Å²) >= 11 is 0. The Labute approximate surface area is 373 Å². The maximum atomic E-state index is 2.85. The Kier molecular flexibility index (Phi) is 8.33. The summed E-state index contributed by atoms with van der Waals surface area (Å²) in [4.78, 5) is 7.86. The van der Waals surface area contributed by atoms with Crippen LogP contribution < -0.4 is 31.1 Å². The minimum Gasteiger partial charge on any atom is -0.335 e. The fourth-order valence-corrected chi connectivity index (χ4v) is 12.2. The smallest absolute Gasteiger partial charge is 0.252 e. The highest BCUT2D eigenvalue weighted by atomic mass is 15.3. The van der Waals surface area contributed by atoms with Crippen molar-refractivity contribution in [3.63, 3.8) is 0 Å². The van der Waals surface area contributed by atoms with Crippen molar-refractivity contribution in [1.82, 2.24) is 0 Å². The van der Waals surface area contributed by atoms with Gasteiger partial charge in [-0.05, 0) is 148 Å². The van der Waals surface area contributed by atoms with Gasteiger partial charge in [-0.2, -0.15) is 0 Å². The minimum atomic E-state index is -0.0214. The maximum absolute atomic E-state index is 2.85. The zero-order valence-electron chi connectivity index (χ0n) is 37.4. The summed E-state index contributed by atoms with van der Waals surface area (Å²) in [7, 11) is 0. The van der Waals surface area contributed by atoms with E-state index in [0.717, 1.165) is 17.1 Å². The number of hydrogen-bond acceptors (Lipinski definition) is 3. The summed E-state index contributed by atoms with van der Waals surface area (Å²) in [5, 5.41) is 2.53. The number of aryl methyl sites for hydroxylation is 1.